The smallest absolute Gasteiger partial charge is 0.251 e. The Bertz CT molecular complexity index is 1220. The molecule has 0 aliphatic heterocycles. The second-order valence-corrected chi connectivity index (χ2v) is 10.3. The Morgan fingerprint density at radius 2 is 1.83 bits per heavy atom. The van der Waals surface area contributed by atoms with Gasteiger partial charge in [-0.2, -0.15) is 0 Å². The maximum absolute atomic E-state index is 13.0. The number of para-hydroxylation sites is 1. The third-order valence-corrected chi connectivity index (χ3v) is 6.72. The third kappa shape index (κ3) is 6.85. The van der Waals surface area contributed by atoms with Crippen molar-refractivity contribution >= 4 is 29.3 Å². The molecule has 1 aromatic heterocycles. The maximum Gasteiger partial charge on any atom is 0.251 e. The summed E-state index contributed by atoms with van der Waals surface area (Å²) >= 11 is 1.31. The molecule has 0 unspecified atom stereocenters. The first-order valence-electron chi connectivity index (χ1n) is 12.1. The minimum absolute atomic E-state index is 0.0696. The van der Waals surface area contributed by atoms with Crippen LogP contribution in [0.4, 0.5) is 5.69 Å². The molecule has 0 bridgehead atoms. The highest BCUT2D eigenvalue weighted by Crippen LogP contribution is 2.27. The number of benzene rings is 2. The highest BCUT2D eigenvalue weighted by atomic mass is 32.2. The van der Waals surface area contributed by atoms with Gasteiger partial charge in [0.1, 0.15) is 0 Å². The number of nitrogens with zero attached hydrogens (tertiary/aromatic N) is 3. The largest absolute Gasteiger partial charge is 0.342 e. The monoisotopic (exact) mass is 505 g/mol. The van der Waals surface area contributed by atoms with Crippen LogP contribution < -0.4 is 10.6 Å². The van der Waals surface area contributed by atoms with E-state index >= 15 is 0 Å². The molecule has 0 saturated heterocycles. The first kappa shape index (κ1) is 27.2. The summed E-state index contributed by atoms with van der Waals surface area (Å²) in [5, 5.41) is 15.5. The quantitative estimate of drug-likeness (QED) is 0.256. The van der Waals surface area contributed by atoms with E-state index < -0.39 is 0 Å². The standard InChI is InChI=1S/C28H35N5O2S/c1-7-15-33-26(25(19(4)5)30-27(35)21-12-10-11-20(6)16-21)31-32-28(33)36-17-24(34)29-23-14-9-8-13-22(23)18(2)3/h7-14,16,18-19,25H,1,15,17H2,2-6H3,(H,29,34)(H,30,35)/t25-/m0/s1. The molecule has 3 rings (SSSR count). The fourth-order valence-electron chi connectivity index (χ4n) is 3.91. The van der Waals surface area contributed by atoms with Crippen molar-refractivity contribution in [3.05, 3.63) is 83.7 Å². The summed E-state index contributed by atoms with van der Waals surface area (Å²) in [5.74, 6) is 0.914. The van der Waals surface area contributed by atoms with Gasteiger partial charge >= 0.3 is 0 Å². The van der Waals surface area contributed by atoms with E-state index in [1.54, 1.807) is 12.1 Å². The second-order valence-electron chi connectivity index (χ2n) is 9.38. The van der Waals surface area contributed by atoms with Gasteiger partial charge in [-0.05, 0) is 42.5 Å². The van der Waals surface area contributed by atoms with Crippen LogP contribution in [0, 0.1) is 12.8 Å². The highest BCUT2D eigenvalue weighted by Gasteiger charge is 2.26. The van der Waals surface area contributed by atoms with Gasteiger partial charge in [0, 0.05) is 17.8 Å². The van der Waals surface area contributed by atoms with Crippen molar-refractivity contribution in [3.63, 3.8) is 0 Å². The van der Waals surface area contributed by atoms with Crippen molar-refractivity contribution in [2.24, 2.45) is 5.92 Å². The molecule has 0 fully saturated rings. The van der Waals surface area contributed by atoms with Crippen LogP contribution >= 0.6 is 11.8 Å². The molecule has 0 aliphatic carbocycles. The van der Waals surface area contributed by atoms with Gasteiger partial charge in [0.2, 0.25) is 5.91 Å². The molecule has 0 spiro atoms. The summed E-state index contributed by atoms with van der Waals surface area (Å²) in [6.07, 6.45) is 1.76. The molecule has 0 radical (unpaired) electrons. The lowest BCUT2D eigenvalue weighted by Crippen LogP contribution is -2.34. The maximum atomic E-state index is 13.0. The molecule has 3 aromatic rings. The summed E-state index contributed by atoms with van der Waals surface area (Å²) in [6, 6.07) is 15.0. The van der Waals surface area contributed by atoms with Gasteiger partial charge in [-0.3, -0.25) is 9.59 Å². The summed E-state index contributed by atoms with van der Waals surface area (Å²) in [4.78, 5) is 25.7. The van der Waals surface area contributed by atoms with Crippen LogP contribution in [0.3, 0.4) is 0 Å². The lowest BCUT2D eigenvalue weighted by Gasteiger charge is -2.22. The molecule has 8 heteroatoms. The van der Waals surface area contributed by atoms with Gasteiger partial charge in [0.15, 0.2) is 11.0 Å². The number of aromatic nitrogens is 3. The van der Waals surface area contributed by atoms with Crippen molar-refractivity contribution in [1.29, 1.82) is 0 Å². The number of carbonyl (C=O) groups excluding carboxylic acids is 2. The molecule has 0 aliphatic rings. The first-order valence-corrected chi connectivity index (χ1v) is 13.1. The highest BCUT2D eigenvalue weighted by molar-refractivity contribution is 7.99. The van der Waals surface area contributed by atoms with Crippen LogP contribution in [0.25, 0.3) is 0 Å². The molecule has 1 atom stereocenters. The Labute approximate surface area is 217 Å². The summed E-state index contributed by atoms with van der Waals surface area (Å²) in [7, 11) is 0. The van der Waals surface area contributed by atoms with E-state index in [1.807, 2.05) is 67.8 Å². The van der Waals surface area contributed by atoms with E-state index in [1.165, 1.54) is 11.8 Å². The lowest BCUT2D eigenvalue weighted by atomic mass is 10.0. The topological polar surface area (TPSA) is 88.9 Å². The SMILES string of the molecule is C=CCn1c(SCC(=O)Nc2ccccc2C(C)C)nnc1[C@@H](NC(=O)c1cccc(C)c1)C(C)C. The minimum atomic E-state index is -0.355. The van der Waals surface area contributed by atoms with E-state index in [4.69, 9.17) is 0 Å². The normalized spacial score (nSPS) is 12.0. The zero-order valence-electron chi connectivity index (χ0n) is 21.6. The van der Waals surface area contributed by atoms with Gasteiger partial charge in [-0.25, -0.2) is 0 Å². The van der Waals surface area contributed by atoms with E-state index in [0.29, 0.717) is 29.0 Å². The van der Waals surface area contributed by atoms with E-state index in [0.717, 1.165) is 16.8 Å². The van der Waals surface area contributed by atoms with Crippen LogP contribution in [0.15, 0.2) is 66.3 Å². The zero-order valence-corrected chi connectivity index (χ0v) is 22.4. The fourth-order valence-corrected chi connectivity index (χ4v) is 4.66. The van der Waals surface area contributed by atoms with Crippen molar-refractivity contribution in [2.75, 3.05) is 11.1 Å². The number of thioether (sulfide) groups is 1. The summed E-state index contributed by atoms with van der Waals surface area (Å²) < 4.78 is 1.91. The fraction of sp³-hybridized carbons (Fsp3) is 0.357. The Hall–Kier alpha value is -3.39. The number of rotatable bonds is 11. The second kappa shape index (κ2) is 12.5. The number of hydrogen-bond donors (Lipinski definition) is 2. The van der Waals surface area contributed by atoms with Crippen LogP contribution in [-0.2, 0) is 11.3 Å². The Kier molecular flexibility index (Phi) is 9.47. The lowest BCUT2D eigenvalue weighted by molar-refractivity contribution is -0.113. The molecule has 1 heterocycles. The van der Waals surface area contributed by atoms with Crippen molar-refractivity contribution < 1.29 is 9.59 Å². The van der Waals surface area contributed by atoms with Crippen molar-refractivity contribution in [2.45, 2.75) is 58.3 Å². The van der Waals surface area contributed by atoms with Crippen LogP contribution in [0.2, 0.25) is 0 Å². The van der Waals surface area contributed by atoms with E-state index in [2.05, 4.69) is 41.3 Å². The van der Waals surface area contributed by atoms with Crippen LogP contribution in [0.5, 0.6) is 0 Å². The predicted octanol–water partition coefficient (Wildman–Crippen LogP) is 5.75. The molecular weight excluding hydrogens is 470 g/mol. The Morgan fingerprint density at radius 3 is 2.50 bits per heavy atom. The number of aryl methyl sites for hydroxylation is 1. The van der Waals surface area contributed by atoms with Gasteiger partial charge < -0.3 is 15.2 Å². The number of hydrogen-bond acceptors (Lipinski definition) is 5. The van der Waals surface area contributed by atoms with Gasteiger partial charge in [-0.15, -0.1) is 16.8 Å². The van der Waals surface area contributed by atoms with Gasteiger partial charge in [0.25, 0.3) is 5.91 Å². The summed E-state index contributed by atoms with van der Waals surface area (Å²) in [6.45, 7) is 14.5. The van der Waals surface area contributed by atoms with Gasteiger partial charge in [-0.1, -0.05) is 81.4 Å². The van der Waals surface area contributed by atoms with Crippen LogP contribution in [0.1, 0.15) is 67.0 Å². The molecule has 2 amide bonds. The molecule has 190 valence electrons. The van der Waals surface area contributed by atoms with Crippen LogP contribution in [-0.4, -0.2) is 32.3 Å². The minimum Gasteiger partial charge on any atom is -0.342 e. The molecule has 36 heavy (non-hydrogen) atoms. The number of nitrogens with one attached hydrogen (secondary N) is 2. The predicted molar refractivity (Wildman–Crippen MR) is 146 cm³/mol. The number of allylic oxidation sites excluding steroid dienone is 1. The first-order chi connectivity index (χ1) is 17.2. The molecule has 2 N–H and O–H groups in total. The van der Waals surface area contributed by atoms with Gasteiger partial charge in [0.05, 0.1) is 11.8 Å². The molecular formula is C28H35N5O2S. The molecule has 0 saturated carbocycles. The molecule has 2 aromatic carbocycles. The van der Waals surface area contributed by atoms with Crippen molar-refractivity contribution in [3.8, 4) is 0 Å². The number of anilines is 1. The Balaban J connectivity index is 1.76. The third-order valence-electron chi connectivity index (χ3n) is 5.76. The van der Waals surface area contributed by atoms with E-state index in [9.17, 15) is 9.59 Å². The van der Waals surface area contributed by atoms with E-state index in [-0.39, 0.29) is 29.5 Å². The average molecular weight is 506 g/mol. The number of carbonyl (C=O) groups is 2. The molecule has 7 nitrogen and oxygen atoms in total. The van der Waals surface area contributed by atoms with Crippen molar-refractivity contribution in [1.82, 2.24) is 20.1 Å². The summed E-state index contributed by atoms with van der Waals surface area (Å²) in [5.41, 5.74) is 3.54. The zero-order chi connectivity index (χ0) is 26.2. The number of amides is 2. The Morgan fingerprint density at radius 1 is 1.08 bits per heavy atom. The average Bonchev–Trinajstić information content (AvgIpc) is 3.23.